The van der Waals surface area contributed by atoms with E-state index in [-0.39, 0.29) is 23.3 Å². The van der Waals surface area contributed by atoms with Crippen molar-refractivity contribution in [1.29, 1.82) is 0 Å². The normalized spacial score (nSPS) is 41.9. The topological polar surface area (TPSA) is 78.8 Å². The molecule has 0 heterocycles. The minimum absolute atomic E-state index is 0.0190. The maximum Gasteiger partial charge on any atom is 0.471 e. The zero-order chi connectivity index (χ0) is 24.0. The summed E-state index contributed by atoms with van der Waals surface area (Å²) >= 11 is 1.75. The first kappa shape index (κ1) is 24.9. The van der Waals surface area contributed by atoms with Crippen LogP contribution in [0.2, 0.25) is 0 Å². The van der Waals surface area contributed by atoms with Gasteiger partial charge in [-0.05, 0) is 80.3 Å². The molecule has 0 aromatic heterocycles. The second kappa shape index (κ2) is 9.08. The molecular weight excluding hydrogens is 453 g/mol. The van der Waals surface area contributed by atoms with E-state index in [2.05, 4.69) is 19.0 Å². The van der Waals surface area contributed by atoms with Crippen LogP contribution in [0.5, 0.6) is 0 Å². The summed E-state index contributed by atoms with van der Waals surface area (Å²) in [7, 11) is 0. The molecule has 4 aliphatic carbocycles. The van der Waals surface area contributed by atoms with Crippen LogP contribution in [-0.4, -0.2) is 46.3 Å². The molecule has 2 N–H and O–H groups in total. The fourth-order valence-electron chi connectivity index (χ4n) is 7.69. The Balaban J connectivity index is 1.36. The first-order valence-electron chi connectivity index (χ1n) is 12.2. The number of carbonyl (C=O) groups excluding carboxylic acids is 2. The highest BCUT2D eigenvalue weighted by molar-refractivity contribution is 7.99. The van der Waals surface area contributed by atoms with Gasteiger partial charge >= 0.3 is 12.1 Å². The van der Waals surface area contributed by atoms with Crippen molar-refractivity contribution in [3.05, 3.63) is 0 Å². The van der Waals surface area contributed by atoms with Gasteiger partial charge in [-0.2, -0.15) is 24.9 Å². The van der Waals surface area contributed by atoms with Gasteiger partial charge in [-0.15, -0.1) is 0 Å². The second-order valence-electron chi connectivity index (χ2n) is 11.0. The van der Waals surface area contributed by atoms with Crippen molar-refractivity contribution in [3.8, 4) is 0 Å². The maximum atomic E-state index is 12.6. The number of oxime groups is 1. The molecule has 7 atom stereocenters. The van der Waals surface area contributed by atoms with Crippen LogP contribution in [0.15, 0.2) is 5.16 Å². The summed E-state index contributed by atoms with van der Waals surface area (Å²) in [6, 6.07) is 0. The highest BCUT2D eigenvalue weighted by Gasteiger charge is 2.61. The lowest BCUT2D eigenvalue weighted by Gasteiger charge is -2.60. The molecule has 4 aliphatic rings. The van der Waals surface area contributed by atoms with E-state index in [0.29, 0.717) is 47.4 Å². The Morgan fingerprint density at radius 3 is 2.67 bits per heavy atom. The third-order valence-corrected chi connectivity index (χ3v) is 10.9. The zero-order valence-electron chi connectivity index (χ0n) is 19.4. The van der Waals surface area contributed by atoms with Crippen LogP contribution in [0.1, 0.15) is 71.6 Å². The van der Waals surface area contributed by atoms with Gasteiger partial charge < -0.3 is 10.5 Å². The third-order valence-electron chi connectivity index (χ3n) is 9.49. The van der Waals surface area contributed by atoms with Crippen LogP contribution in [0.3, 0.4) is 0 Å². The number of carbonyl (C=O) groups is 2. The summed E-state index contributed by atoms with van der Waals surface area (Å²) in [4.78, 5) is 23.5. The SMILES string of the molecule is C[C@]12CC[C@@H](SCCCNC(=O)C(F)(F)F)CC1/C(=N\O)C[C@@H]1[C@@H]2CC[C@]2(C)C(=O)CC[C@@H]12. The van der Waals surface area contributed by atoms with Gasteiger partial charge in [-0.25, -0.2) is 0 Å². The minimum Gasteiger partial charge on any atom is -0.411 e. The first-order valence-corrected chi connectivity index (χ1v) is 13.3. The molecule has 1 amide bonds. The number of nitrogens with one attached hydrogen (secondary N) is 1. The van der Waals surface area contributed by atoms with E-state index < -0.39 is 12.1 Å². The van der Waals surface area contributed by atoms with Crippen molar-refractivity contribution < 1.29 is 28.0 Å². The number of alkyl halides is 3. The molecule has 33 heavy (non-hydrogen) atoms. The summed E-state index contributed by atoms with van der Waals surface area (Å²) in [5.74, 6) is 0.760. The Morgan fingerprint density at radius 2 is 1.97 bits per heavy atom. The fraction of sp³-hybridized carbons (Fsp3) is 0.875. The molecule has 0 aromatic rings. The van der Waals surface area contributed by atoms with Gasteiger partial charge in [0, 0.05) is 29.5 Å². The predicted octanol–water partition coefficient (Wildman–Crippen LogP) is 5.21. The molecule has 4 saturated carbocycles. The Morgan fingerprint density at radius 1 is 1.21 bits per heavy atom. The summed E-state index contributed by atoms with van der Waals surface area (Å²) in [5, 5.41) is 16.0. The van der Waals surface area contributed by atoms with Gasteiger partial charge in [0.05, 0.1) is 5.71 Å². The largest absolute Gasteiger partial charge is 0.471 e. The van der Waals surface area contributed by atoms with Crippen molar-refractivity contribution in [2.45, 2.75) is 83.1 Å². The number of rotatable bonds is 5. The van der Waals surface area contributed by atoms with Crippen LogP contribution in [0.25, 0.3) is 0 Å². The zero-order valence-corrected chi connectivity index (χ0v) is 20.2. The molecule has 4 rings (SSSR count). The van der Waals surface area contributed by atoms with Crippen LogP contribution in [0.4, 0.5) is 13.2 Å². The Hall–Kier alpha value is -1.25. The first-order chi connectivity index (χ1) is 15.5. The smallest absolute Gasteiger partial charge is 0.411 e. The highest BCUT2D eigenvalue weighted by atomic mass is 32.2. The lowest BCUT2D eigenvalue weighted by Crippen LogP contribution is -2.56. The Labute approximate surface area is 197 Å². The van der Waals surface area contributed by atoms with Crippen LogP contribution in [-0.2, 0) is 9.59 Å². The van der Waals surface area contributed by atoms with Gasteiger partial charge in [0.15, 0.2) is 0 Å². The summed E-state index contributed by atoms with van der Waals surface area (Å²) in [6.45, 7) is 4.52. The van der Waals surface area contributed by atoms with Crippen molar-refractivity contribution in [1.82, 2.24) is 5.32 Å². The van der Waals surface area contributed by atoms with Crippen molar-refractivity contribution in [3.63, 3.8) is 0 Å². The van der Waals surface area contributed by atoms with Gasteiger partial charge in [-0.1, -0.05) is 19.0 Å². The van der Waals surface area contributed by atoms with Crippen LogP contribution >= 0.6 is 11.8 Å². The van der Waals surface area contributed by atoms with E-state index >= 15 is 0 Å². The van der Waals surface area contributed by atoms with E-state index in [9.17, 15) is 28.0 Å². The Bertz CT molecular complexity index is 819. The number of fused-ring (bicyclic) bond motifs is 5. The van der Waals surface area contributed by atoms with E-state index in [1.165, 1.54) is 0 Å². The van der Waals surface area contributed by atoms with E-state index in [4.69, 9.17) is 0 Å². The lowest BCUT2D eigenvalue weighted by molar-refractivity contribution is -0.173. The fourth-order valence-corrected chi connectivity index (χ4v) is 8.95. The van der Waals surface area contributed by atoms with Gasteiger partial charge in [0.25, 0.3) is 0 Å². The molecule has 5 nitrogen and oxygen atoms in total. The van der Waals surface area contributed by atoms with E-state index in [1.54, 1.807) is 11.8 Å². The molecule has 0 radical (unpaired) electrons. The number of ketones is 1. The molecule has 0 bridgehead atoms. The average Bonchev–Trinajstić information content (AvgIpc) is 3.07. The summed E-state index contributed by atoms with van der Waals surface area (Å²) in [6.07, 6.45) is 3.09. The number of Topliss-reactive ketones (excluding diaryl/α,β-unsaturated/α-hetero) is 1. The molecule has 0 aromatic carbocycles. The van der Waals surface area contributed by atoms with E-state index in [1.807, 2.05) is 5.32 Å². The number of amides is 1. The predicted molar refractivity (Wildman–Crippen MR) is 121 cm³/mol. The number of nitrogens with zero attached hydrogens (tertiary/aromatic N) is 1. The van der Waals surface area contributed by atoms with Crippen molar-refractivity contribution >= 4 is 29.2 Å². The van der Waals surface area contributed by atoms with Crippen molar-refractivity contribution in [2.24, 2.45) is 39.7 Å². The van der Waals surface area contributed by atoms with Crippen molar-refractivity contribution in [2.75, 3.05) is 12.3 Å². The quantitative estimate of drug-likeness (QED) is 0.316. The lowest BCUT2D eigenvalue weighted by atomic mass is 9.45. The second-order valence-corrected chi connectivity index (χ2v) is 12.4. The number of hydrogen-bond acceptors (Lipinski definition) is 5. The molecule has 1 unspecified atom stereocenters. The Kier molecular flexibility index (Phi) is 6.84. The minimum atomic E-state index is -4.83. The molecular formula is C24H35F3N2O3S. The van der Waals surface area contributed by atoms with E-state index in [0.717, 1.165) is 50.7 Å². The summed E-state index contributed by atoms with van der Waals surface area (Å²) < 4.78 is 36.8. The average molecular weight is 489 g/mol. The van der Waals surface area contributed by atoms with Crippen LogP contribution in [0, 0.1) is 34.5 Å². The highest BCUT2D eigenvalue weighted by Crippen LogP contribution is 2.65. The third kappa shape index (κ3) is 4.43. The molecule has 0 saturated heterocycles. The molecule has 9 heteroatoms. The molecule has 4 fully saturated rings. The summed E-state index contributed by atoms with van der Waals surface area (Å²) in [5.41, 5.74) is 0.736. The molecule has 186 valence electrons. The van der Waals surface area contributed by atoms with Gasteiger partial charge in [0.2, 0.25) is 0 Å². The van der Waals surface area contributed by atoms with Crippen LogP contribution < -0.4 is 5.32 Å². The standard InChI is InChI=1S/C24H35F3N2O3S/c1-22-8-6-14(33-11-3-10-28-21(31)24(25,26)27)12-18(22)19(29-32)13-15-16-4-5-20(30)23(16,2)9-7-17(15)22/h14-18,32H,3-13H2,1-2H3,(H,28,31)/b29-19-/t14-,15+,16+,17+,18?,22-,23+/m1/s1. The number of halogens is 3. The maximum absolute atomic E-state index is 12.6. The number of thioether (sulfide) groups is 1. The molecule has 0 aliphatic heterocycles. The molecule has 0 spiro atoms. The number of hydrogen-bond donors (Lipinski definition) is 2. The van der Waals surface area contributed by atoms with Gasteiger partial charge in [-0.3, -0.25) is 9.59 Å². The van der Waals surface area contributed by atoms with Gasteiger partial charge in [0.1, 0.15) is 5.78 Å². The monoisotopic (exact) mass is 488 g/mol.